The van der Waals surface area contributed by atoms with E-state index in [0.29, 0.717) is 17.0 Å². The van der Waals surface area contributed by atoms with E-state index >= 15 is 0 Å². The van der Waals surface area contributed by atoms with Gasteiger partial charge in [-0.3, -0.25) is 9.59 Å². The fourth-order valence-corrected chi connectivity index (χ4v) is 4.65. The molecule has 2 unspecified atom stereocenters. The molecule has 0 saturated heterocycles. The average Bonchev–Trinajstić information content (AvgIpc) is 3.21. The van der Waals surface area contributed by atoms with E-state index in [1.165, 1.54) is 23.8 Å². The van der Waals surface area contributed by atoms with Gasteiger partial charge < -0.3 is 15.0 Å². The minimum atomic E-state index is -0.587. The molecule has 0 aliphatic heterocycles. The van der Waals surface area contributed by atoms with Crippen LogP contribution in [0.1, 0.15) is 32.6 Å². The molecule has 2 fully saturated rings. The van der Waals surface area contributed by atoms with E-state index in [0.717, 1.165) is 17.7 Å². The minimum Gasteiger partial charge on any atom is -0.392 e. The van der Waals surface area contributed by atoms with Gasteiger partial charge in [0.15, 0.2) is 0 Å². The lowest BCUT2D eigenvalue weighted by Gasteiger charge is -2.21. The molecule has 5 nitrogen and oxygen atoms in total. The third-order valence-electron chi connectivity index (χ3n) is 5.81. The summed E-state index contributed by atoms with van der Waals surface area (Å²) in [5.74, 6) is 1.46. The Morgan fingerprint density at radius 1 is 1.28 bits per heavy atom. The molecule has 1 heterocycles. The molecule has 1 amide bonds. The second kappa shape index (κ2) is 6.30. The van der Waals surface area contributed by atoms with Crippen molar-refractivity contribution in [2.24, 2.45) is 17.8 Å². The number of nitrogens with one attached hydrogen (secondary N) is 1. The Labute approximate surface area is 146 Å². The summed E-state index contributed by atoms with van der Waals surface area (Å²) >= 11 is 0. The Morgan fingerprint density at radius 2 is 2.12 bits per heavy atom. The predicted octanol–water partition coefficient (Wildman–Crippen LogP) is 2.76. The molecule has 2 bridgehead atoms. The van der Waals surface area contributed by atoms with Crippen LogP contribution >= 0.6 is 0 Å². The van der Waals surface area contributed by atoms with E-state index in [4.69, 9.17) is 0 Å². The van der Waals surface area contributed by atoms with Crippen LogP contribution in [0.4, 0.5) is 5.69 Å². The van der Waals surface area contributed by atoms with E-state index < -0.39 is 6.10 Å². The lowest BCUT2D eigenvalue weighted by molar-refractivity contribution is -0.121. The highest BCUT2D eigenvalue weighted by molar-refractivity contribution is 6.02. The van der Waals surface area contributed by atoms with Gasteiger partial charge in [-0.1, -0.05) is 12.5 Å². The maximum atomic E-state index is 12.7. The third kappa shape index (κ3) is 2.97. The Bertz CT molecular complexity index is 871. The summed E-state index contributed by atoms with van der Waals surface area (Å²) in [6.45, 7) is 1.92. The zero-order valence-electron chi connectivity index (χ0n) is 14.4. The fraction of sp³-hybridized carbons (Fsp3) is 0.500. The van der Waals surface area contributed by atoms with Crippen LogP contribution in [0.25, 0.3) is 10.8 Å². The zero-order chi connectivity index (χ0) is 17.6. The summed E-state index contributed by atoms with van der Waals surface area (Å²) in [5.41, 5.74) is 0.556. The smallest absolute Gasteiger partial charge is 0.258 e. The standard InChI is InChI=1S/C20H24N2O3/c1-12(23)11-22-8-7-15-16(20(22)25)3-2-4-18(15)21-19(24)17-10-13-5-6-14(17)9-13/h2-4,7-8,12-14,17,23H,5-6,9-11H2,1H3,(H,21,24)/t12?,13-,14+,17?/m0/s1. The fourth-order valence-electron chi connectivity index (χ4n) is 4.65. The highest BCUT2D eigenvalue weighted by atomic mass is 16.3. The zero-order valence-corrected chi connectivity index (χ0v) is 14.4. The molecule has 1 aromatic carbocycles. The van der Waals surface area contributed by atoms with Crippen molar-refractivity contribution in [3.05, 3.63) is 40.8 Å². The number of pyridine rings is 1. The van der Waals surface area contributed by atoms with Gasteiger partial charge in [0.25, 0.3) is 5.56 Å². The van der Waals surface area contributed by atoms with Crippen molar-refractivity contribution in [3.63, 3.8) is 0 Å². The number of hydrogen-bond acceptors (Lipinski definition) is 3. The van der Waals surface area contributed by atoms with Gasteiger partial charge in [-0.15, -0.1) is 0 Å². The molecule has 5 heteroatoms. The SMILES string of the molecule is CC(O)Cn1ccc2c(NC(=O)C3C[C@H]4CC[C@@H]3C4)cccc2c1=O. The molecular weight excluding hydrogens is 316 g/mol. The van der Waals surface area contributed by atoms with E-state index in [9.17, 15) is 14.7 Å². The number of carbonyl (C=O) groups is 1. The number of carbonyl (C=O) groups excluding carboxylic acids is 1. The third-order valence-corrected chi connectivity index (χ3v) is 5.81. The number of benzene rings is 1. The molecule has 2 aliphatic carbocycles. The van der Waals surface area contributed by atoms with Crippen LogP contribution < -0.4 is 10.9 Å². The first kappa shape index (κ1) is 16.3. The summed E-state index contributed by atoms with van der Waals surface area (Å²) in [4.78, 5) is 25.3. The monoisotopic (exact) mass is 340 g/mol. The maximum Gasteiger partial charge on any atom is 0.258 e. The van der Waals surface area contributed by atoms with Crippen molar-refractivity contribution in [1.29, 1.82) is 0 Å². The van der Waals surface area contributed by atoms with Crippen LogP contribution in [-0.2, 0) is 11.3 Å². The van der Waals surface area contributed by atoms with Crippen molar-refractivity contribution < 1.29 is 9.90 Å². The van der Waals surface area contributed by atoms with E-state index in [-0.39, 0.29) is 23.9 Å². The van der Waals surface area contributed by atoms with Gasteiger partial charge in [-0.05, 0) is 56.2 Å². The van der Waals surface area contributed by atoms with Crippen LogP contribution in [-0.4, -0.2) is 21.7 Å². The summed E-state index contributed by atoms with van der Waals surface area (Å²) in [7, 11) is 0. The lowest BCUT2D eigenvalue weighted by atomic mass is 9.88. The quantitative estimate of drug-likeness (QED) is 0.899. The number of amides is 1. The van der Waals surface area contributed by atoms with E-state index in [1.54, 1.807) is 25.3 Å². The minimum absolute atomic E-state index is 0.0906. The molecule has 2 N–H and O–H groups in total. The first-order valence-electron chi connectivity index (χ1n) is 9.14. The molecule has 1 aromatic heterocycles. The molecule has 2 aliphatic rings. The van der Waals surface area contributed by atoms with Gasteiger partial charge >= 0.3 is 0 Å². The van der Waals surface area contributed by atoms with Crippen molar-refractivity contribution in [2.75, 3.05) is 5.32 Å². The van der Waals surface area contributed by atoms with Crippen molar-refractivity contribution >= 4 is 22.4 Å². The number of rotatable bonds is 4. The first-order chi connectivity index (χ1) is 12.0. The Hall–Kier alpha value is -2.14. The predicted molar refractivity (Wildman–Crippen MR) is 97.5 cm³/mol. The van der Waals surface area contributed by atoms with Gasteiger partial charge in [0, 0.05) is 28.6 Å². The van der Waals surface area contributed by atoms with Gasteiger partial charge in [0.2, 0.25) is 5.91 Å². The topological polar surface area (TPSA) is 71.3 Å². The molecule has 4 rings (SSSR count). The average molecular weight is 340 g/mol. The van der Waals surface area contributed by atoms with E-state index in [2.05, 4.69) is 5.32 Å². The number of aromatic nitrogens is 1. The maximum absolute atomic E-state index is 12.7. The van der Waals surface area contributed by atoms with Crippen LogP contribution in [0.2, 0.25) is 0 Å². The molecular formula is C20H24N2O3. The number of fused-ring (bicyclic) bond motifs is 3. The van der Waals surface area contributed by atoms with Crippen LogP contribution in [0.3, 0.4) is 0 Å². The van der Waals surface area contributed by atoms with Crippen molar-refractivity contribution in [2.45, 2.75) is 45.3 Å². The number of aliphatic hydroxyl groups is 1. The number of nitrogens with zero attached hydrogens (tertiary/aromatic N) is 1. The number of hydrogen-bond donors (Lipinski definition) is 2. The molecule has 0 radical (unpaired) electrons. The van der Waals surface area contributed by atoms with Crippen molar-refractivity contribution in [3.8, 4) is 0 Å². The lowest BCUT2D eigenvalue weighted by Crippen LogP contribution is -2.28. The Kier molecular flexibility index (Phi) is 4.12. The summed E-state index contributed by atoms with van der Waals surface area (Å²) in [6, 6.07) is 7.26. The van der Waals surface area contributed by atoms with Crippen LogP contribution in [0, 0.1) is 17.8 Å². The highest BCUT2D eigenvalue weighted by Gasteiger charge is 2.43. The number of aliphatic hydroxyl groups excluding tert-OH is 1. The Morgan fingerprint density at radius 3 is 2.80 bits per heavy atom. The summed E-state index contributed by atoms with van der Waals surface area (Å²) in [6.07, 6.45) is 5.73. The molecule has 4 atom stereocenters. The number of anilines is 1. The Balaban J connectivity index is 1.63. The van der Waals surface area contributed by atoms with Crippen molar-refractivity contribution in [1.82, 2.24) is 4.57 Å². The van der Waals surface area contributed by atoms with E-state index in [1.807, 2.05) is 12.1 Å². The van der Waals surface area contributed by atoms with Gasteiger partial charge in [0.05, 0.1) is 12.6 Å². The summed E-state index contributed by atoms with van der Waals surface area (Å²) < 4.78 is 1.51. The van der Waals surface area contributed by atoms with Gasteiger partial charge in [-0.25, -0.2) is 0 Å². The second-order valence-electron chi connectivity index (χ2n) is 7.66. The normalized spacial score (nSPS) is 26.1. The largest absolute Gasteiger partial charge is 0.392 e. The molecule has 25 heavy (non-hydrogen) atoms. The summed E-state index contributed by atoms with van der Waals surface area (Å²) in [5, 5.41) is 13.9. The molecule has 2 saturated carbocycles. The highest BCUT2D eigenvalue weighted by Crippen LogP contribution is 2.48. The molecule has 2 aromatic rings. The molecule has 0 spiro atoms. The second-order valence-corrected chi connectivity index (χ2v) is 7.66. The van der Waals surface area contributed by atoms with Gasteiger partial charge in [0.1, 0.15) is 0 Å². The first-order valence-corrected chi connectivity index (χ1v) is 9.14. The van der Waals surface area contributed by atoms with Gasteiger partial charge in [-0.2, -0.15) is 0 Å². The van der Waals surface area contributed by atoms with Crippen LogP contribution in [0.15, 0.2) is 35.3 Å². The van der Waals surface area contributed by atoms with Crippen LogP contribution in [0.5, 0.6) is 0 Å². The molecule has 132 valence electrons.